The summed E-state index contributed by atoms with van der Waals surface area (Å²) in [6.45, 7) is 0. The van der Waals surface area contributed by atoms with Crippen molar-refractivity contribution in [1.29, 1.82) is 0 Å². The average molecular weight is 177 g/mol. The maximum absolute atomic E-state index is 10.7. The minimum atomic E-state index is -2.95. The first-order chi connectivity index (χ1) is 4.97. The maximum atomic E-state index is 10.7. The van der Waals surface area contributed by atoms with Crippen LogP contribution < -0.4 is 5.32 Å². The van der Waals surface area contributed by atoms with E-state index in [0.29, 0.717) is 12.8 Å². The average Bonchev–Trinajstić information content (AvgIpc) is 2.10. The summed E-state index contributed by atoms with van der Waals surface area (Å²) in [7, 11) is -2.95. The molecule has 1 saturated heterocycles. The van der Waals surface area contributed by atoms with Gasteiger partial charge in [0.25, 0.3) is 0 Å². The highest BCUT2D eigenvalue weighted by molar-refractivity contribution is 7.90. The van der Waals surface area contributed by atoms with Gasteiger partial charge in [-0.3, -0.25) is 4.79 Å². The minimum Gasteiger partial charge on any atom is -0.352 e. The van der Waals surface area contributed by atoms with Crippen molar-refractivity contribution in [3.05, 3.63) is 0 Å². The molecule has 0 aromatic carbocycles. The van der Waals surface area contributed by atoms with Crippen LogP contribution in [-0.2, 0) is 14.6 Å². The lowest BCUT2D eigenvalue weighted by molar-refractivity contribution is -0.119. The van der Waals surface area contributed by atoms with Crippen LogP contribution in [0, 0.1) is 0 Å². The van der Waals surface area contributed by atoms with E-state index in [0.717, 1.165) is 0 Å². The molecule has 1 amide bonds. The molecule has 0 saturated carbocycles. The Morgan fingerprint density at radius 1 is 1.64 bits per heavy atom. The van der Waals surface area contributed by atoms with Crippen LogP contribution in [0.5, 0.6) is 0 Å². The molecule has 0 bridgehead atoms. The fourth-order valence-corrected chi connectivity index (χ4v) is 2.15. The zero-order valence-corrected chi connectivity index (χ0v) is 7.15. The molecule has 64 valence electrons. The van der Waals surface area contributed by atoms with Crippen molar-refractivity contribution in [2.75, 3.05) is 12.0 Å². The Morgan fingerprint density at radius 2 is 2.27 bits per heavy atom. The molecule has 5 heteroatoms. The Kier molecular flexibility index (Phi) is 2.17. The van der Waals surface area contributed by atoms with Gasteiger partial charge in [0.2, 0.25) is 5.91 Å². The van der Waals surface area contributed by atoms with Crippen molar-refractivity contribution >= 4 is 15.7 Å². The highest BCUT2D eigenvalue weighted by atomic mass is 32.2. The second-order valence-corrected chi connectivity index (χ2v) is 5.08. The van der Waals surface area contributed by atoms with Crippen LogP contribution in [0.3, 0.4) is 0 Å². The largest absolute Gasteiger partial charge is 0.352 e. The van der Waals surface area contributed by atoms with E-state index in [1.807, 2.05) is 0 Å². The fraction of sp³-hybridized carbons (Fsp3) is 0.833. The quantitative estimate of drug-likeness (QED) is 0.607. The molecule has 1 fully saturated rings. The molecular weight excluding hydrogens is 166 g/mol. The number of amides is 1. The van der Waals surface area contributed by atoms with Gasteiger partial charge in [0.15, 0.2) is 0 Å². The number of hydrogen-bond donors (Lipinski definition) is 1. The highest BCUT2D eigenvalue weighted by Crippen LogP contribution is 2.07. The molecular formula is C6H11NO3S. The van der Waals surface area contributed by atoms with Gasteiger partial charge in [0.05, 0.1) is 5.75 Å². The molecule has 1 N–H and O–H groups in total. The van der Waals surface area contributed by atoms with Crippen molar-refractivity contribution in [2.45, 2.75) is 18.9 Å². The van der Waals surface area contributed by atoms with Crippen LogP contribution in [0.25, 0.3) is 0 Å². The summed E-state index contributed by atoms with van der Waals surface area (Å²) in [5.41, 5.74) is 0. The van der Waals surface area contributed by atoms with E-state index in [1.54, 1.807) is 0 Å². The maximum Gasteiger partial charge on any atom is 0.220 e. The fourth-order valence-electron chi connectivity index (χ4n) is 1.17. The van der Waals surface area contributed by atoms with Crippen LogP contribution in [0.1, 0.15) is 12.8 Å². The Bertz CT molecular complexity index is 257. The second kappa shape index (κ2) is 2.81. The van der Waals surface area contributed by atoms with Gasteiger partial charge >= 0.3 is 0 Å². The summed E-state index contributed by atoms with van der Waals surface area (Å²) in [5.74, 6) is 0.0253. The van der Waals surface area contributed by atoms with Crippen LogP contribution in [0.2, 0.25) is 0 Å². The molecule has 0 aromatic rings. The number of sulfone groups is 1. The third-order valence-corrected chi connectivity index (χ3v) is 2.60. The molecule has 1 unspecified atom stereocenters. The van der Waals surface area contributed by atoms with Crippen LogP contribution in [-0.4, -0.2) is 32.4 Å². The SMILES string of the molecule is CS(=O)(=O)CC1CCC(=O)N1. The van der Waals surface area contributed by atoms with Gasteiger partial charge in [-0.15, -0.1) is 0 Å². The highest BCUT2D eigenvalue weighted by Gasteiger charge is 2.23. The molecule has 0 aliphatic carbocycles. The van der Waals surface area contributed by atoms with Crippen molar-refractivity contribution in [2.24, 2.45) is 0 Å². The summed E-state index contributed by atoms with van der Waals surface area (Å²) in [5, 5.41) is 2.59. The van der Waals surface area contributed by atoms with Crippen LogP contribution in [0.15, 0.2) is 0 Å². The van der Waals surface area contributed by atoms with Gasteiger partial charge in [-0.2, -0.15) is 0 Å². The molecule has 0 spiro atoms. The van der Waals surface area contributed by atoms with E-state index in [4.69, 9.17) is 0 Å². The van der Waals surface area contributed by atoms with Gasteiger partial charge < -0.3 is 5.32 Å². The summed E-state index contributed by atoms with van der Waals surface area (Å²) in [4.78, 5) is 10.6. The lowest BCUT2D eigenvalue weighted by Gasteiger charge is -2.06. The first kappa shape index (κ1) is 8.52. The van der Waals surface area contributed by atoms with Crippen molar-refractivity contribution in [3.8, 4) is 0 Å². The first-order valence-electron chi connectivity index (χ1n) is 3.44. The lowest BCUT2D eigenvalue weighted by atomic mass is 10.2. The second-order valence-electron chi connectivity index (χ2n) is 2.90. The minimum absolute atomic E-state index is 0.0429. The predicted octanol–water partition coefficient (Wildman–Crippen LogP) is -0.690. The summed E-state index contributed by atoms with van der Waals surface area (Å²) in [6, 6.07) is -0.155. The van der Waals surface area contributed by atoms with Gasteiger partial charge in [-0.1, -0.05) is 0 Å². The van der Waals surface area contributed by atoms with E-state index in [2.05, 4.69) is 5.32 Å². The van der Waals surface area contributed by atoms with Gasteiger partial charge in [0, 0.05) is 18.7 Å². The molecule has 4 nitrogen and oxygen atoms in total. The summed E-state index contributed by atoms with van der Waals surface area (Å²) >= 11 is 0. The molecule has 0 radical (unpaired) electrons. The third kappa shape index (κ3) is 2.88. The summed E-state index contributed by atoms with van der Waals surface area (Å²) < 4.78 is 21.5. The van der Waals surface area contributed by atoms with Gasteiger partial charge in [-0.25, -0.2) is 8.42 Å². The number of rotatable bonds is 2. The molecule has 1 rings (SSSR count). The first-order valence-corrected chi connectivity index (χ1v) is 5.50. The van der Waals surface area contributed by atoms with E-state index in [-0.39, 0.29) is 17.7 Å². The zero-order valence-electron chi connectivity index (χ0n) is 6.33. The van der Waals surface area contributed by atoms with Crippen molar-refractivity contribution in [3.63, 3.8) is 0 Å². The van der Waals surface area contributed by atoms with Crippen LogP contribution >= 0.6 is 0 Å². The molecule has 0 aromatic heterocycles. The number of carbonyl (C=O) groups is 1. The van der Waals surface area contributed by atoms with Crippen LogP contribution in [0.4, 0.5) is 0 Å². The molecule has 1 atom stereocenters. The Morgan fingerprint density at radius 3 is 2.64 bits per heavy atom. The Balaban J connectivity index is 2.47. The standard InChI is InChI=1S/C6H11NO3S/c1-11(9,10)4-5-2-3-6(8)7-5/h5H,2-4H2,1H3,(H,7,8). The molecule has 11 heavy (non-hydrogen) atoms. The smallest absolute Gasteiger partial charge is 0.220 e. The Labute approximate surface area is 65.9 Å². The monoisotopic (exact) mass is 177 g/mol. The van der Waals surface area contributed by atoms with E-state index in [9.17, 15) is 13.2 Å². The van der Waals surface area contributed by atoms with Gasteiger partial charge in [0.1, 0.15) is 9.84 Å². The zero-order chi connectivity index (χ0) is 8.48. The molecule has 1 heterocycles. The topological polar surface area (TPSA) is 63.2 Å². The number of carbonyl (C=O) groups excluding carboxylic acids is 1. The summed E-state index contributed by atoms with van der Waals surface area (Å²) in [6.07, 6.45) is 2.28. The number of nitrogens with one attached hydrogen (secondary N) is 1. The third-order valence-electron chi connectivity index (χ3n) is 1.59. The Hall–Kier alpha value is -0.580. The van der Waals surface area contributed by atoms with Gasteiger partial charge in [-0.05, 0) is 6.42 Å². The van der Waals surface area contributed by atoms with Crippen molar-refractivity contribution < 1.29 is 13.2 Å². The molecule has 1 aliphatic heterocycles. The van der Waals surface area contributed by atoms with E-state index >= 15 is 0 Å². The normalized spacial score (nSPS) is 25.2. The number of hydrogen-bond acceptors (Lipinski definition) is 3. The predicted molar refractivity (Wildman–Crippen MR) is 40.9 cm³/mol. The lowest BCUT2D eigenvalue weighted by Crippen LogP contribution is -2.31. The van der Waals surface area contributed by atoms with Crippen molar-refractivity contribution in [1.82, 2.24) is 5.32 Å². The van der Waals surface area contributed by atoms with E-state index in [1.165, 1.54) is 6.26 Å². The van der Waals surface area contributed by atoms with E-state index < -0.39 is 9.84 Å². The molecule has 1 aliphatic rings.